The van der Waals surface area contributed by atoms with Crippen molar-refractivity contribution in [3.63, 3.8) is 0 Å². The lowest BCUT2D eigenvalue weighted by molar-refractivity contribution is 0.102. The van der Waals surface area contributed by atoms with Gasteiger partial charge in [-0.05, 0) is 68.5 Å². The van der Waals surface area contributed by atoms with E-state index in [4.69, 9.17) is 0 Å². The molecule has 0 unspecified atom stereocenters. The molecule has 0 spiro atoms. The van der Waals surface area contributed by atoms with E-state index in [2.05, 4.69) is 5.32 Å². The average Bonchev–Trinajstić information content (AvgIpc) is 2.60. The van der Waals surface area contributed by atoms with E-state index in [0.717, 1.165) is 27.8 Å². The zero-order chi connectivity index (χ0) is 19.8. The first kappa shape index (κ1) is 19.6. The van der Waals surface area contributed by atoms with E-state index in [1.165, 1.54) is 4.31 Å². The Morgan fingerprint density at radius 3 is 2.37 bits per heavy atom. The van der Waals surface area contributed by atoms with Crippen LogP contribution in [-0.2, 0) is 23.0 Å². The molecule has 1 amide bonds. The lowest BCUT2D eigenvalue weighted by Crippen LogP contribution is -2.36. The number of hydrogen-bond donors (Lipinski definition) is 1. The fourth-order valence-electron chi connectivity index (χ4n) is 3.76. The van der Waals surface area contributed by atoms with Gasteiger partial charge in [0.25, 0.3) is 5.91 Å². The first-order valence-electron chi connectivity index (χ1n) is 9.20. The predicted molar refractivity (Wildman–Crippen MR) is 109 cm³/mol. The van der Waals surface area contributed by atoms with Gasteiger partial charge >= 0.3 is 0 Å². The van der Waals surface area contributed by atoms with Crippen molar-refractivity contribution >= 4 is 21.6 Å². The Morgan fingerprint density at radius 1 is 1.07 bits per heavy atom. The molecular weight excluding hydrogens is 360 g/mol. The number of anilines is 1. The van der Waals surface area contributed by atoms with Crippen molar-refractivity contribution in [2.75, 3.05) is 17.6 Å². The van der Waals surface area contributed by atoms with Crippen LogP contribution in [0.15, 0.2) is 30.3 Å². The zero-order valence-corrected chi connectivity index (χ0v) is 17.1. The summed E-state index contributed by atoms with van der Waals surface area (Å²) >= 11 is 0. The van der Waals surface area contributed by atoms with Crippen LogP contribution in [0.4, 0.5) is 5.69 Å². The number of aryl methyl sites for hydroxylation is 3. The summed E-state index contributed by atoms with van der Waals surface area (Å²) < 4.78 is 25.9. The van der Waals surface area contributed by atoms with Crippen molar-refractivity contribution in [3.8, 4) is 0 Å². The van der Waals surface area contributed by atoms with E-state index < -0.39 is 10.0 Å². The third-order valence-electron chi connectivity index (χ3n) is 5.10. The van der Waals surface area contributed by atoms with Crippen LogP contribution < -0.4 is 5.32 Å². The molecule has 0 aromatic heterocycles. The monoisotopic (exact) mass is 386 g/mol. The lowest BCUT2D eigenvalue weighted by atomic mass is 9.98. The van der Waals surface area contributed by atoms with Crippen molar-refractivity contribution in [2.24, 2.45) is 0 Å². The highest BCUT2D eigenvalue weighted by molar-refractivity contribution is 7.89. The van der Waals surface area contributed by atoms with Gasteiger partial charge in [-0.1, -0.05) is 23.8 Å². The van der Waals surface area contributed by atoms with E-state index >= 15 is 0 Å². The Hall–Kier alpha value is -2.18. The Bertz CT molecular complexity index is 973. The van der Waals surface area contributed by atoms with Crippen molar-refractivity contribution in [1.29, 1.82) is 0 Å². The molecule has 2 aromatic rings. The molecule has 0 bridgehead atoms. The molecule has 1 aliphatic rings. The summed E-state index contributed by atoms with van der Waals surface area (Å²) in [7, 11) is -3.21. The number of nitrogens with one attached hydrogen (secondary N) is 1. The molecule has 1 heterocycles. The van der Waals surface area contributed by atoms with Crippen LogP contribution in [0.2, 0.25) is 0 Å². The van der Waals surface area contributed by atoms with Gasteiger partial charge in [-0.3, -0.25) is 4.79 Å². The SMILES string of the molecule is CCS(=O)(=O)N1CCc2ccc(NC(=O)c3c(C)cc(C)cc3C)cc2C1. The second-order valence-corrected chi connectivity index (χ2v) is 9.45. The summed E-state index contributed by atoms with van der Waals surface area (Å²) in [5.74, 6) is -0.0381. The number of amides is 1. The van der Waals surface area contributed by atoms with E-state index in [1.807, 2.05) is 51.1 Å². The standard InChI is InChI=1S/C21H26N2O3S/c1-5-27(25,26)23-9-8-17-6-7-19(12-18(17)13-23)22-21(24)20-15(3)10-14(2)11-16(20)4/h6-7,10-12H,5,8-9,13H2,1-4H3,(H,22,24). The maximum atomic E-state index is 12.8. The number of carbonyl (C=O) groups excluding carboxylic acids is 1. The molecule has 0 saturated carbocycles. The Kier molecular flexibility index (Phi) is 5.40. The summed E-state index contributed by atoms with van der Waals surface area (Å²) in [5.41, 5.74) is 6.49. The molecule has 2 aromatic carbocycles. The van der Waals surface area contributed by atoms with Crippen LogP contribution in [0.1, 0.15) is 45.1 Å². The minimum Gasteiger partial charge on any atom is -0.322 e. The lowest BCUT2D eigenvalue weighted by Gasteiger charge is -2.28. The molecule has 0 saturated heterocycles. The highest BCUT2D eigenvalue weighted by Crippen LogP contribution is 2.25. The summed E-state index contributed by atoms with van der Waals surface area (Å²) in [6.07, 6.45) is 0.693. The van der Waals surface area contributed by atoms with Gasteiger partial charge in [-0.2, -0.15) is 4.31 Å². The Morgan fingerprint density at radius 2 is 1.74 bits per heavy atom. The minimum atomic E-state index is -3.21. The van der Waals surface area contributed by atoms with Crippen LogP contribution in [-0.4, -0.2) is 30.9 Å². The Labute approximate surface area is 161 Å². The van der Waals surface area contributed by atoms with Crippen LogP contribution >= 0.6 is 0 Å². The van der Waals surface area contributed by atoms with Gasteiger partial charge in [0.1, 0.15) is 0 Å². The smallest absolute Gasteiger partial charge is 0.256 e. The molecule has 0 fully saturated rings. The van der Waals surface area contributed by atoms with Crippen LogP contribution in [0.25, 0.3) is 0 Å². The van der Waals surface area contributed by atoms with Crippen LogP contribution in [0.3, 0.4) is 0 Å². The van der Waals surface area contributed by atoms with Crippen molar-refractivity contribution < 1.29 is 13.2 Å². The first-order chi connectivity index (χ1) is 12.7. The van der Waals surface area contributed by atoms with Crippen molar-refractivity contribution in [2.45, 2.75) is 40.7 Å². The zero-order valence-electron chi connectivity index (χ0n) is 16.3. The maximum Gasteiger partial charge on any atom is 0.256 e. The number of hydrogen-bond acceptors (Lipinski definition) is 3. The molecule has 6 heteroatoms. The van der Waals surface area contributed by atoms with Crippen molar-refractivity contribution in [3.05, 3.63) is 63.7 Å². The van der Waals surface area contributed by atoms with Gasteiger partial charge in [0.2, 0.25) is 10.0 Å². The molecule has 27 heavy (non-hydrogen) atoms. The van der Waals surface area contributed by atoms with Gasteiger partial charge in [0.15, 0.2) is 0 Å². The van der Waals surface area contributed by atoms with Gasteiger partial charge in [0, 0.05) is 24.3 Å². The number of rotatable bonds is 4. The third kappa shape index (κ3) is 4.06. The van der Waals surface area contributed by atoms with E-state index in [9.17, 15) is 13.2 Å². The summed E-state index contributed by atoms with van der Waals surface area (Å²) in [6, 6.07) is 9.77. The van der Waals surface area contributed by atoms with E-state index in [-0.39, 0.29) is 11.7 Å². The summed E-state index contributed by atoms with van der Waals surface area (Å²) in [4.78, 5) is 12.8. The Balaban J connectivity index is 1.84. The number of fused-ring (bicyclic) bond motifs is 1. The predicted octanol–water partition coefficient (Wildman–Crippen LogP) is 3.57. The number of nitrogens with zero attached hydrogens (tertiary/aromatic N) is 1. The van der Waals surface area contributed by atoms with Crippen LogP contribution in [0.5, 0.6) is 0 Å². The highest BCUT2D eigenvalue weighted by Gasteiger charge is 2.25. The molecule has 0 radical (unpaired) electrons. The summed E-state index contributed by atoms with van der Waals surface area (Å²) in [5, 5.41) is 2.97. The topological polar surface area (TPSA) is 66.5 Å². The van der Waals surface area contributed by atoms with Gasteiger partial charge in [0.05, 0.1) is 5.75 Å². The molecule has 1 N–H and O–H groups in total. The normalized spacial score (nSPS) is 14.7. The second-order valence-electron chi connectivity index (χ2n) is 7.20. The fourth-order valence-corrected chi connectivity index (χ4v) is 4.83. The molecular formula is C21H26N2O3S. The largest absolute Gasteiger partial charge is 0.322 e. The second kappa shape index (κ2) is 7.44. The van der Waals surface area contributed by atoms with Gasteiger partial charge in [-0.15, -0.1) is 0 Å². The number of carbonyl (C=O) groups is 1. The first-order valence-corrected chi connectivity index (χ1v) is 10.8. The molecule has 144 valence electrons. The molecule has 0 aliphatic carbocycles. The van der Waals surface area contributed by atoms with Crippen molar-refractivity contribution in [1.82, 2.24) is 4.31 Å². The number of sulfonamides is 1. The van der Waals surface area contributed by atoms with E-state index in [1.54, 1.807) is 6.92 Å². The maximum absolute atomic E-state index is 12.8. The van der Waals surface area contributed by atoms with Gasteiger partial charge in [-0.25, -0.2) is 8.42 Å². The van der Waals surface area contributed by atoms with Gasteiger partial charge < -0.3 is 5.32 Å². The molecule has 5 nitrogen and oxygen atoms in total. The fraction of sp³-hybridized carbons (Fsp3) is 0.381. The van der Waals surface area contributed by atoms with E-state index in [0.29, 0.717) is 30.8 Å². The minimum absolute atomic E-state index is 0.102. The quantitative estimate of drug-likeness (QED) is 0.873. The third-order valence-corrected chi connectivity index (χ3v) is 6.93. The highest BCUT2D eigenvalue weighted by atomic mass is 32.2. The number of benzene rings is 2. The average molecular weight is 387 g/mol. The molecule has 0 atom stereocenters. The molecule has 3 rings (SSSR count). The molecule has 1 aliphatic heterocycles. The summed E-state index contributed by atoms with van der Waals surface area (Å²) in [6.45, 7) is 8.42. The van der Waals surface area contributed by atoms with Crippen LogP contribution in [0, 0.1) is 20.8 Å².